The molecule has 0 aliphatic carbocycles. The van der Waals surface area contributed by atoms with Crippen LogP contribution in [0.5, 0.6) is 0 Å². The molecular formula is C20H24N2O2. The highest BCUT2D eigenvalue weighted by molar-refractivity contribution is 5.94. The molecule has 4 heteroatoms. The summed E-state index contributed by atoms with van der Waals surface area (Å²) < 4.78 is 0. The van der Waals surface area contributed by atoms with E-state index in [0.29, 0.717) is 30.1 Å². The lowest BCUT2D eigenvalue weighted by molar-refractivity contribution is 0.0945. The van der Waals surface area contributed by atoms with Crippen LogP contribution >= 0.6 is 0 Å². The monoisotopic (exact) mass is 324 g/mol. The van der Waals surface area contributed by atoms with E-state index < -0.39 is 0 Å². The normalized spacial score (nSPS) is 11.5. The van der Waals surface area contributed by atoms with Crippen LogP contribution < -0.4 is 10.6 Å². The van der Waals surface area contributed by atoms with Gasteiger partial charge in [-0.2, -0.15) is 0 Å². The molecule has 0 aliphatic rings. The third-order valence-electron chi connectivity index (χ3n) is 3.84. The average Bonchev–Trinajstić information content (AvgIpc) is 2.64. The van der Waals surface area contributed by atoms with Gasteiger partial charge in [0.15, 0.2) is 0 Å². The molecular weight excluding hydrogens is 300 g/mol. The Morgan fingerprint density at radius 3 is 1.88 bits per heavy atom. The van der Waals surface area contributed by atoms with Crippen LogP contribution in [-0.4, -0.2) is 24.9 Å². The lowest BCUT2D eigenvalue weighted by Crippen LogP contribution is -2.29. The van der Waals surface area contributed by atoms with E-state index in [4.69, 9.17) is 0 Å². The average molecular weight is 324 g/mol. The topological polar surface area (TPSA) is 58.2 Å². The summed E-state index contributed by atoms with van der Waals surface area (Å²) in [4.78, 5) is 23.9. The van der Waals surface area contributed by atoms with Crippen LogP contribution in [0.4, 0.5) is 0 Å². The van der Waals surface area contributed by atoms with Crippen LogP contribution in [-0.2, 0) is 0 Å². The maximum atomic E-state index is 12.0. The van der Waals surface area contributed by atoms with Crippen LogP contribution in [0.1, 0.15) is 40.5 Å². The Morgan fingerprint density at radius 2 is 1.33 bits per heavy atom. The van der Waals surface area contributed by atoms with Crippen molar-refractivity contribution < 1.29 is 9.59 Å². The summed E-state index contributed by atoms with van der Waals surface area (Å²) in [5, 5.41) is 5.87. The highest BCUT2D eigenvalue weighted by Gasteiger charge is 2.08. The fourth-order valence-electron chi connectivity index (χ4n) is 2.40. The molecule has 1 atom stereocenters. The van der Waals surface area contributed by atoms with Crippen molar-refractivity contribution in [1.82, 2.24) is 10.6 Å². The number of amides is 2. The molecule has 0 saturated heterocycles. The summed E-state index contributed by atoms with van der Waals surface area (Å²) in [6.07, 6.45) is 1.84. The zero-order chi connectivity index (χ0) is 17.2. The van der Waals surface area contributed by atoms with Gasteiger partial charge in [-0.05, 0) is 43.0 Å². The molecule has 0 spiro atoms. The summed E-state index contributed by atoms with van der Waals surface area (Å²) in [6.45, 7) is 3.38. The van der Waals surface area contributed by atoms with E-state index in [9.17, 15) is 9.59 Å². The Balaban J connectivity index is 1.61. The van der Waals surface area contributed by atoms with E-state index in [1.54, 1.807) is 24.3 Å². The second-order valence-corrected chi connectivity index (χ2v) is 5.95. The first kappa shape index (κ1) is 17.7. The van der Waals surface area contributed by atoms with Gasteiger partial charge in [0.2, 0.25) is 0 Å². The molecule has 0 unspecified atom stereocenters. The van der Waals surface area contributed by atoms with Gasteiger partial charge in [-0.25, -0.2) is 0 Å². The first-order chi connectivity index (χ1) is 11.7. The third-order valence-corrected chi connectivity index (χ3v) is 3.84. The Kier molecular flexibility index (Phi) is 7.02. The van der Waals surface area contributed by atoms with Crippen molar-refractivity contribution in [2.24, 2.45) is 5.92 Å². The molecule has 24 heavy (non-hydrogen) atoms. The fourth-order valence-corrected chi connectivity index (χ4v) is 2.40. The van der Waals surface area contributed by atoms with Crippen molar-refractivity contribution in [2.45, 2.75) is 19.8 Å². The standard InChI is InChI=1S/C20H24N2O2/c1-16(15-22-20(24)18-12-6-3-7-13-18)9-8-14-21-19(23)17-10-4-2-5-11-17/h2-7,10-13,16H,8-9,14-15H2,1H3,(H,21,23)(H,22,24)/t16-/m0/s1. The minimum Gasteiger partial charge on any atom is -0.352 e. The number of benzene rings is 2. The summed E-state index contributed by atoms with van der Waals surface area (Å²) >= 11 is 0. The molecule has 2 amide bonds. The van der Waals surface area contributed by atoms with Crippen LogP contribution in [0.2, 0.25) is 0 Å². The highest BCUT2D eigenvalue weighted by atomic mass is 16.2. The van der Waals surface area contributed by atoms with Crippen molar-refractivity contribution in [3.8, 4) is 0 Å². The van der Waals surface area contributed by atoms with Crippen LogP contribution in [0.25, 0.3) is 0 Å². The van der Waals surface area contributed by atoms with E-state index in [0.717, 1.165) is 12.8 Å². The van der Waals surface area contributed by atoms with Gasteiger partial charge in [0.25, 0.3) is 11.8 Å². The lowest BCUT2D eigenvalue weighted by Gasteiger charge is -2.13. The number of rotatable bonds is 8. The highest BCUT2D eigenvalue weighted by Crippen LogP contribution is 2.05. The fraction of sp³-hybridized carbons (Fsp3) is 0.300. The zero-order valence-corrected chi connectivity index (χ0v) is 14.0. The minimum atomic E-state index is -0.0418. The molecule has 126 valence electrons. The van der Waals surface area contributed by atoms with Gasteiger partial charge in [0.1, 0.15) is 0 Å². The predicted octanol–water partition coefficient (Wildman–Crippen LogP) is 3.26. The van der Waals surface area contributed by atoms with Crippen molar-refractivity contribution >= 4 is 11.8 Å². The van der Waals surface area contributed by atoms with Gasteiger partial charge in [0.05, 0.1) is 0 Å². The second-order valence-electron chi connectivity index (χ2n) is 5.95. The molecule has 0 aliphatic heterocycles. The largest absolute Gasteiger partial charge is 0.352 e. The van der Waals surface area contributed by atoms with Gasteiger partial charge >= 0.3 is 0 Å². The number of carbonyl (C=O) groups excluding carboxylic acids is 2. The van der Waals surface area contributed by atoms with Crippen molar-refractivity contribution in [1.29, 1.82) is 0 Å². The van der Waals surface area contributed by atoms with E-state index in [-0.39, 0.29) is 11.8 Å². The van der Waals surface area contributed by atoms with Crippen molar-refractivity contribution in [3.63, 3.8) is 0 Å². The molecule has 0 fully saturated rings. The first-order valence-corrected chi connectivity index (χ1v) is 8.33. The summed E-state index contributed by atoms with van der Waals surface area (Å²) in [5.41, 5.74) is 1.36. The third kappa shape index (κ3) is 5.88. The van der Waals surface area contributed by atoms with Crippen molar-refractivity contribution in [2.75, 3.05) is 13.1 Å². The SMILES string of the molecule is C[C@@H](CCCNC(=O)c1ccccc1)CNC(=O)c1ccccc1. The molecule has 0 aromatic heterocycles. The summed E-state index contributed by atoms with van der Waals surface area (Å²) in [5.74, 6) is 0.284. The van der Waals surface area contributed by atoms with Crippen LogP contribution in [0, 0.1) is 5.92 Å². The quantitative estimate of drug-likeness (QED) is 0.732. The van der Waals surface area contributed by atoms with Crippen molar-refractivity contribution in [3.05, 3.63) is 71.8 Å². The van der Waals surface area contributed by atoms with Gasteiger partial charge in [-0.15, -0.1) is 0 Å². The Labute approximate surface area is 143 Å². The second kappa shape index (κ2) is 9.50. The summed E-state index contributed by atoms with van der Waals surface area (Å²) in [7, 11) is 0. The maximum absolute atomic E-state index is 12.0. The zero-order valence-electron chi connectivity index (χ0n) is 14.0. The van der Waals surface area contributed by atoms with Gasteiger partial charge in [-0.3, -0.25) is 9.59 Å². The molecule has 2 aromatic rings. The van der Waals surface area contributed by atoms with E-state index in [2.05, 4.69) is 17.6 Å². The lowest BCUT2D eigenvalue weighted by atomic mass is 10.1. The Bertz CT molecular complexity index is 641. The molecule has 0 saturated carbocycles. The van der Waals surface area contributed by atoms with E-state index in [1.165, 1.54) is 0 Å². The maximum Gasteiger partial charge on any atom is 0.251 e. The molecule has 0 radical (unpaired) electrons. The van der Waals surface area contributed by atoms with Gasteiger partial charge in [-0.1, -0.05) is 43.3 Å². The number of hydrogen-bond donors (Lipinski definition) is 2. The predicted molar refractivity (Wildman–Crippen MR) is 95.9 cm³/mol. The molecule has 2 rings (SSSR count). The van der Waals surface area contributed by atoms with E-state index in [1.807, 2.05) is 36.4 Å². The summed E-state index contributed by atoms with van der Waals surface area (Å²) in [6, 6.07) is 18.4. The molecule has 2 aromatic carbocycles. The smallest absolute Gasteiger partial charge is 0.251 e. The number of carbonyl (C=O) groups is 2. The molecule has 2 N–H and O–H groups in total. The first-order valence-electron chi connectivity index (χ1n) is 8.33. The molecule has 0 bridgehead atoms. The Hall–Kier alpha value is -2.62. The minimum absolute atomic E-state index is 0.0411. The molecule has 0 heterocycles. The Morgan fingerprint density at radius 1 is 0.833 bits per heavy atom. The molecule has 4 nitrogen and oxygen atoms in total. The van der Waals surface area contributed by atoms with Gasteiger partial charge < -0.3 is 10.6 Å². The van der Waals surface area contributed by atoms with Crippen LogP contribution in [0.3, 0.4) is 0 Å². The van der Waals surface area contributed by atoms with E-state index >= 15 is 0 Å². The number of hydrogen-bond acceptors (Lipinski definition) is 2. The number of nitrogens with one attached hydrogen (secondary N) is 2. The van der Waals surface area contributed by atoms with Crippen LogP contribution in [0.15, 0.2) is 60.7 Å². The van der Waals surface area contributed by atoms with Gasteiger partial charge in [0, 0.05) is 24.2 Å².